The Morgan fingerprint density at radius 1 is 1.12 bits per heavy atom. The first kappa shape index (κ1) is 11.2. The van der Waals surface area contributed by atoms with Crippen LogP contribution in [0.15, 0.2) is 28.7 Å². The van der Waals surface area contributed by atoms with Gasteiger partial charge in [0.2, 0.25) is 0 Å². The van der Waals surface area contributed by atoms with Gasteiger partial charge < -0.3 is 4.42 Å². The van der Waals surface area contributed by atoms with Crippen LogP contribution in [0.4, 0.5) is 4.39 Å². The SMILES string of the molecule is CCCCCCc1cc2cc(F)ccc2o1. The fraction of sp³-hybridized carbons (Fsp3) is 0.429. The second-order valence-electron chi connectivity index (χ2n) is 4.21. The van der Waals surface area contributed by atoms with E-state index in [-0.39, 0.29) is 5.82 Å². The molecule has 1 aromatic carbocycles. The molecule has 0 saturated heterocycles. The third kappa shape index (κ3) is 2.63. The highest BCUT2D eigenvalue weighted by Crippen LogP contribution is 2.21. The van der Waals surface area contributed by atoms with Gasteiger partial charge in [0.05, 0.1) is 0 Å². The van der Waals surface area contributed by atoms with Crippen molar-refractivity contribution in [3.63, 3.8) is 0 Å². The van der Waals surface area contributed by atoms with Crippen LogP contribution in [0, 0.1) is 5.82 Å². The second kappa shape index (κ2) is 5.15. The minimum Gasteiger partial charge on any atom is -0.461 e. The first-order valence-electron chi connectivity index (χ1n) is 5.97. The number of hydrogen-bond donors (Lipinski definition) is 0. The predicted octanol–water partition coefficient (Wildman–Crippen LogP) is 4.69. The summed E-state index contributed by atoms with van der Waals surface area (Å²) in [7, 11) is 0. The lowest BCUT2D eigenvalue weighted by atomic mass is 10.1. The Labute approximate surface area is 95.3 Å². The number of rotatable bonds is 5. The van der Waals surface area contributed by atoms with Crippen molar-refractivity contribution in [3.8, 4) is 0 Å². The summed E-state index contributed by atoms with van der Waals surface area (Å²) < 4.78 is 18.6. The zero-order valence-corrected chi connectivity index (χ0v) is 9.63. The van der Waals surface area contributed by atoms with Crippen LogP contribution < -0.4 is 0 Å². The van der Waals surface area contributed by atoms with Crippen LogP contribution in [0.5, 0.6) is 0 Å². The zero-order chi connectivity index (χ0) is 11.4. The fourth-order valence-corrected chi connectivity index (χ4v) is 1.92. The molecule has 0 fully saturated rings. The largest absolute Gasteiger partial charge is 0.461 e. The molecule has 0 spiro atoms. The third-order valence-electron chi connectivity index (χ3n) is 2.81. The van der Waals surface area contributed by atoms with Crippen molar-refractivity contribution >= 4 is 11.0 Å². The number of hydrogen-bond acceptors (Lipinski definition) is 1. The first-order valence-corrected chi connectivity index (χ1v) is 5.97. The first-order chi connectivity index (χ1) is 7.79. The smallest absolute Gasteiger partial charge is 0.134 e. The van der Waals surface area contributed by atoms with Gasteiger partial charge >= 0.3 is 0 Å². The second-order valence-corrected chi connectivity index (χ2v) is 4.21. The van der Waals surface area contributed by atoms with Crippen molar-refractivity contribution in [2.45, 2.75) is 39.0 Å². The Morgan fingerprint density at radius 2 is 2.00 bits per heavy atom. The minimum atomic E-state index is -0.203. The Morgan fingerprint density at radius 3 is 2.81 bits per heavy atom. The van der Waals surface area contributed by atoms with Crippen LogP contribution in [0.3, 0.4) is 0 Å². The molecule has 1 aromatic heterocycles. The molecule has 0 bridgehead atoms. The van der Waals surface area contributed by atoms with Gasteiger partial charge in [0, 0.05) is 11.8 Å². The van der Waals surface area contributed by atoms with Crippen LogP contribution >= 0.6 is 0 Å². The molecule has 0 radical (unpaired) electrons. The van der Waals surface area contributed by atoms with Gasteiger partial charge in [-0.2, -0.15) is 0 Å². The highest BCUT2D eigenvalue weighted by atomic mass is 19.1. The van der Waals surface area contributed by atoms with E-state index in [4.69, 9.17) is 4.42 Å². The quantitative estimate of drug-likeness (QED) is 0.666. The topological polar surface area (TPSA) is 13.1 Å². The normalized spacial score (nSPS) is 11.1. The summed E-state index contributed by atoms with van der Waals surface area (Å²) in [6, 6.07) is 6.60. The van der Waals surface area contributed by atoms with E-state index in [0.717, 1.165) is 29.6 Å². The molecule has 2 rings (SSSR count). The fourth-order valence-electron chi connectivity index (χ4n) is 1.92. The maximum absolute atomic E-state index is 13.0. The van der Waals surface area contributed by atoms with Crippen LogP contribution in [-0.4, -0.2) is 0 Å². The Balaban J connectivity index is 2.02. The van der Waals surface area contributed by atoms with E-state index in [1.54, 1.807) is 6.07 Å². The van der Waals surface area contributed by atoms with E-state index in [1.807, 2.05) is 6.07 Å². The van der Waals surface area contributed by atoms with E-state index < -0.39 is 0 Å². The summed E-state index contributed by atoms with van der Waals surface area (Å²) in [5.41, 5.74) is 0.784. The van der Waals surface area contributed by atoms with E-state index in [1.165, 1.54) is 31.4 Å². The lowest BCUT2D eigenvalue weighted by Gasteiger charge is -1.95. The van der Waals surface area contributed by atoms with Crippen molar-refractivity contribution in [1.82, 2.24) is 0 Å². The van der Waals surface area contributed by atoms with Gasteiger partial charge in [0.1, 0.15) is 17.2 Å². The molecule has 16 heavy (non-hydrogen) atoms. The van der Waals surface area contributed by atoms with Gasteiger partial charge in [0.25, 0.3) is 0 Å². The van der Waals surface area contributed by atoms with Crippen LogP contribution in [-0.2, 0) is 6.42 Å². The van der Waals surface area contributed by atoms with Crippen LogP contribution in [0.25, 0.3) is 11.0 Å². The monoisotopic (exact) mass is 220 g/mol. The lowest BCUT2D eigenvalue weighted by Crippen LogP contribution is -1.81. The minimum absolute atomic E-state index is 0.203. The molecule has 0 unspecified atom stereocenters. The van der Waals surface area contributed by atoms with Crippen molar-refractivity contribution < 1.29 is 8.81 Å². The number of aryl methyl sites for hydroxylation is 1. The zero-order valence-electron chi connectivity index (χ0n) is 9.63. The highest BCUT2D eigenvalue weighted by molar-refractivity contribution is 5.77. The van der Waals surface area contributed by atoms with E-state index >= 15 is 0 Å². The molecule has 0 N–H and O–H groups in total. The molecular formula is C14H17FO. The van der Waals surface area contributed by atoms with Crippen molar-refractivity contribution in [3.05, 3.63) is 35.8 Å². The summed E-state index contributed by atoms with van der Waals surface area (Å²) in [5.74, 6) is 0.766. The number of halogens is 1. The predicted molar refractivity (Wildman–Crippen MR) is 64.0 cm³/mol. The van der Waals surface area contributed by atoms with Gasteiger partial charge in [-0.05, 0) is 30.7 Å². The number of benzene rings is 1. The molecule has 0 saturated carbocycles. The Hall–Kier alpha value is -1.31. The van der Waals surface area contributed by atoms with Crippen molar-refractivity contribution in [2.75, 3.05) is 0 Å². The summed E-state index contributed by atoms with van der Waals surface area (Å²) >= 11 is 0. The van der Waals surface area contributed by atoms with Crippen molar-refractivity contribution in [2.24, 2.45) is 0 Å². The molecular weight excluding hydrogens is 203 g/mol. The van der Waals surface area contributed by atoms with Gasteiger partial charge in [-0.3, -0.25) is 0 Å². The van der Waals surface area contributed by atoms with Gasteiger partial charge in [-0.15, -0.1) is 0 Å². The lowest BCUT2D eigenvalue weighted by molar-refractivity contribution is 0.526. The standard InChI is InChI=1S/C14H17FO/c1-2-3-4-5-6-13-10-11-9-12(15)7-8-14(11)16-13/h7-10H,2-6H2,1H3. The Kier molecular flexibility index (Phi) is 3.60. The van der Waals surface area contributed by atoms with Crippen LogP contribution in [0.2, 0.25) is 0 Å². The molecule has 2 heteroatoms. The molecule has 0 amide bonds. The average Bonchev–Trinajstić information content (AvgIpc) is 2.66. The third-order valence-corrected chi connectivity index (χ3v) is 2.81. The molecule has 1 heterocycles. The molecule has 0 aliphatic heterocycles. The summed E-state index contributed by atoms with van der Waals surface area (Å²) in [5, 5.41) is 0.866. The molecule has 0 atom stereocenters. The number of unbranched alkanes of at least 4 members (excludes halogenated alkanes) is 3. The van der Waals surface area contributed by atoms with Crippen molar-refractivity contribution in [1.29, 1.82) is 0 Å². The number of furan rings is 1. The van der Waals surface area contributed by atoms with Gasteiger partial charge in [-0.25, -0.2) is 4.39 Å². The van der Waals surface area contributed by atoms with Gasteiger partial charge in [0.15, 0.2) is 0 Å². The average molecular weight is 220 g/mol. The highest BCUT2D eigenvalue weighted by Gasteiger charge is 2.04. The Bertz CT molecular complexity index is 459. The van der Waals surface area contributed by atoms with Crippen LogP contribution in [0.1, 0.15) is 38.4 Å². The molecule has 1 nitrogen and oxygen atoms in total. The van der Waals surface area contributed by atoms with E-state index in [0.29, 0.717) is 0 Å². The van der Waals surface area contributed by atoms with E-state index in [2.05, 4.69) is 6.92 Å². The summed E-state index contributed by atoms with van der Waals surface area (Å²) in [4.78, 5) is 0. The van der Waals surface area contributed by atoms with Gasteiger partial charge in [-0.1, -0.05) is 26.2 Å². The summed E-state index contributed by atoms with van der Waals surface area (Å²) in [6.45, 7) is 2.20. The van der Waals surface area contributed by atoms with E-state index in [9.17, 15) is 4.39 Å². The molecule has 86 valence electrons. The number of fused-ring (bicyclic) bond motifs is 1. The molecule has 0 aliphatic rings. The summed E-state index contributed by atoms with van der Waals surface area (Å²) in [6.07, 6.45) is 5.86. The molecule has 0 aliphatic carbocycles. The molecule has 2 aromatic rings. The maximum Gasteiger partial charge on any atom is 0.134 e. The maximum atomic E-state index is 13.0.